The number of ether oxygens (including phenoxy) is 1. The molecule has 1 aliphatic heterocycles. The van der Waals surface area contributed by atoms with Gasteiger partial charge in [-0.15, -0.1) is 0 Å². The first-order valence-corrected chi connectivity index (χ1v) is 10.5. The van der Waals surface area contributed by atoms with Crippen molar-refractivity contribution in [2.24, 2.45) is 0 Å². The number of hydrogen-bond donors (Lipinski definition) is 1. The Balaban J connectivity index is 1.79. The summed E-state index contributed by atoms with van der Waals surface area (Å²) in [6.45, 7) is 7.82. The van der Waals surface area contributed by atoms with Crippen LogP contribution in [0.25, 0.3) is 0 Å². The van der Waals surface area contributed by atoms with E-state index in [0.29, 0.717) is 11.4 Å². The van der Waals surface area contributed by atoms with Crippen LogP contribution in [0.15, 0.2) is 41.3 Å². The molecule has 1 aliphatic rings. The van der Waals surface area contributed by atoms with Crippen molar-refractivity contribution < 1.29 is 13.2 Å². The summed E-state index contributed by atoms with van der Waals surface area (Å²) >= 11 is 0. The van der Waals surface area contributed by atoms with Crippen LogP contribution in [0.5, 0.6) is 5.75 Å². The highest BCUT2D eigenvalue weighted by Gasteiger charge is 2.21. The van der Waals surface area contributed by atoms with Crippen LogP contribution in [0.2, 0.25) is 0 Å². The van der Waals surface area contributed by atoms with Gasteiger partial charge in [-0.05, 0) is 68.4 Å². The number of nitrogens with one attached hydrogen (secondary N) is 1. The predicted octanol–water partition coefficient (Wildman–Crippen LogP) is 2.86. The number of rotatable bonds is 5. The van der Waals surface area contributed by atoms with E-state index in [-0.39, 0.29) is 4.90 Å². The van der Waals surface area contributed by atoms with Crippen molar-refractivity contribution in [1.29, 1.82) is 0 Å². The van der Waals surface area contributed by atoms with Gasteiger partial charge in [-0.1, -0.05) is 0 Å². The third-order valence-electron chi connectivity index (χ3n) is 5.06. The summed E-state index contributed by atoms with van der Waals surface area (Å²) < 4.78 is 33.7. The van der Waals surface area contributed by atoms with Crippen molar-refractivity contribution in [3.63, 3.8) is 0 Å². The van der Waals surface area contributed by atoms with Gasteiger partial charge in [-0.3, -0.25) is 4.72 Å². The van der Waals surface area contributed by atoms with E-state index in [1.165, 1.54) is 7.11 Å². The van der Waals surface area contributed by atoms with Crippen LogP contribution in [0.3, 0.4) is 0 Å². The zero-order valence-corrected chi connectivity index (χ0v) is 17.1. The highest BCUT2D eigenvalue weighted by atomic mass is 32.2. The molecule has 6 nitrogen and oxygen atoms in total. The van der Waals surface area contributed by atoms with Crippen LogP contribution < -0.4 is 14.4 Å². The fourth-order valence-electron chi connectivity index (χ4n) is 3.15. The normalized spacial score (nSPS) is 15.6. The van der Waals surface area contributed by atoms with Gasteiger partial charge in [0, 0.05) is 37.6 Å². The fraction of sp³-hybridized carbons (Fsp3) is 0.400. The maximum Gasteiger partial charge on any atom is 0.265 e. The molecule has 0 atom stereocenters. The number of methoxy groups -OCH3 is 1. The van der Waals surface area contributed by atoms with Gasteiger partial charge in [0.25, 0.3) is 10.0 Å². The second kappa shape index (κ2) is 7.78. The molecule has 0 spiro atoms. The smallest absolute Gasteiger partial charge is 0.265 e. The van der Waals surface area contributed by atoms with Crippen molar-refractivity contribution in [2.45, 2.75) is 18.7 Å². The molecule has 0 radical (unpaired) electrons. The molecule has 1 N–H and O–H groups in total. The molecular weight excluding hydrogens is 362 g/mol. The van der Waals surface area contributed by atoms with E-state index in [9.17, 15) is 8.42 Å². The summed E-state index contributed by atoms with van der Waals surface area (Å²) in [5, 5.41) is 0. The predicted molar refractivity (Wildman–Crippen MR) is 109 cm³/mol. The minimum atomic E-state index is -3.74. The monoisotopic (exact) mass is 389 g/mol. The highest BCUT2D eigenvalue weighted by Crippen LogP contribution is 2.29. The molecule has 2 aromatic carbocycles. The number of hydrogen-bond acceptors (Lipinski definition) is 5. The van der Waals surface area contributed by atoms with Gasteiger partial charge >= 0.3 is 0 Å². The highest BCUT2D eigenvalue weighted by molar-refractivity contribution is 7.92. The molecular formula is C20H27N3O3S. The third kappa shape index (κ3) is 4.36. The summed E-state index contributed by atoms with van der Waals surface area (Å²) in [4.78, 5) is 4.76. The number of piperazine rings is 1. The SMILES string of the molecule is COc1cc(C)c(C)cc1S(=O)(=O)Nc1ccc(N2CCN(C)CC2)cc1. The molecule has 146 valence electrons. The van der Waals surface area contributed by atoms with Gasteiger partial charge < -0.3 is 14.5 Å². The Morgan fingerprint density at radius 1 is 0.963 bits per heavy atom. The minimum absolute atomic E-state index is 0.149. The molecule has 2 aromatic rings. The standard InChI is InChI=1S/C20H27N3O3S/c1-15-13-19(26-4)20(14-16(15)2)27(24,25)21-17-5-7-18(8-6-17)23-11-9-22(3)10-12-23/h5-8,13-14,21H,9-12H2,1-4H3. The topological polar surface area (TPSA) is 61.9 Å². The number of benzene rings is 2. The second-order valence-corrected chi connectivity index (χ2v) is 8.68. The number of likely N-dealkylation sites (N-methyl/N-ethyl adjacent to an activating group) is 1. The minimum Gasteiger partial charge on any atom is -0.495 e. The molecule has 0 amide bonds. The van der Waals surface area contributed by atoms with Crippen LogP contribution in [0, 0.1) is 13.8 Å². The Morgan fingerprint density at radius 3 is 2.15 bits per heavy atom. The van der Waals surface area contributed by atoms with Crippen LogP contribution in [0.1, 0.15) is 11.1 Å². The van der Waals surface area contributed by atoms with E-state index in [0.717, 1.165) is 43.0 Å². The van der Waals surface area contributed by atoms with Gasteiger partial charge in [-0.25, -0.2) is 8.42 Å². The van der Waals surface area contributed by atoms with Gasteiger partial charge in [-0.2, -0.15) is 0 Å². The Morgan fingerprint density at radius 2 is 1.56 bits per heavy atom. The summed E-state index contributed by atoms with van der Waals surface area (Å²) in [7, 11) is -0.134. The molecule has 27 heavy (non-hydrogen) atoms. The second-order valence-electron chi connectivity index (χ2n) is 7.03. The third-order valence-corrected chi connectivity index (χ3v) is 6.46. The first-order chi connectivity index (χ1) is 12.8. The number of nitrogens with zero attached hydrogens (tertiary/aromatic N) is 2. The van der Waals surface area contributed by atoms with E-state index >= 15 is 0 Å². The van der Waals surface area contributed by atoms with Crippen molar-refractivity contribution in [3.05, 3.63) is 47.5 Å². The van der Waals surface area contributed by atoms with E-state index in [1.807, 2.05) is 26.0 Å². The van der Waals surface area contributed by atoms with Crippen molar-refractivity contribution in [3.8, 4) is 5.75 Å². The molecule has 0 saturated carbocycles. The van der Waals surface area contributed by atoms with E-state index < -0.39 is 10.0 Å². The lowest BCUT2D eigenvalue weighted by Crippen LogP contribution is -2.44. The molecule has 7 heteroatoms. The van der Waals surface area contributed by atoms with Gasteiger partial charge in [0.05, 0.1) is 7.11 Å². The van der Waals surface area contributed by atoms with E-state index in [1.54, 1.807) is 24.3 Å². The van der Waals surface area contributed by atoms with Gasteiger partial charge in [0.2, 0.25) is 0 Å². The van der Waals surface area contributed by atoms with Crippen molar-refractivity contribution in [2.75, 3.05) is 50.0 Å². The number of anilines is 2. The largest absolute Gasteiger partial charge is 0.495 e. The maximum atomic E-state index is 12.9. The average molecular weight is 390 g/mol. The van der Waals surface area contributed by atoms with Crippen molar-refractivity contribution in [1.82, 2.24) is 4.90 Å². The van der Waals surface area contributed by atoms with Gasteiger partial charge in [0.1, 0.15) is 10.6 Å². The Hall–Kier alpha value is -2.25. The lowest BCUT2D eigenvalue weighted by Gasteiger charge is -2.34. The maximum absolute atomic E-state index is 12.9. The summed E-state index contributed by atoms with van der Waals surface area (Å²) in [6, 6.07) is 10.9. The fourth-order valence-corrected chi connectivity index (χ4v) is 4.44. The van der Waals surface area contributed by atoms with Crippen LogP contribution in [-0.4, -0.2) is 53.7 Å². The first-order valence-electron chi connectivity index (χ1n) is 9.02. The van der Waals surface area contributed by atoms with E-state index in [2.05, 4.69) is 21.6 Å². The van der Waals surface area contributed by atoms with E-state index in [4.69, 9.17) is 4.74 Å². The van der Waals surface area contributed by atoms with Crippen LogP contribution >= 0.6 is 0 Å². The summed E-state index contributed by atoms with van der Waals surface area (Å²) in [6.07, 6.45) is 0. The Bertz CT molecular complexity index is 903. The number of sulfonamides is 1. The lowest BCUT2D eigenvalue weighted by molar-refractivity contribution is 0.313. The first kappa shape index (κ1) is 19.5. The summed E-state index contributed by atoms with van der Waals surface area (Å²) in [5.41, 5.74) is 3.53. The Kier molecular flexibility index (Phi) is 5.62. The van der Waals surface area contributed by atoms with Crippen molar-refractivity contribution >= 4 is 21.4 Å². The van der Waals surface area contributed by atoms with Gasteiger partial charge in [0.15, 0.2) is 0 Å². The van der Waals surface area contributed by atoms with Crippen LogP contribution in [0.4, 0.5) is 11.4 Å². The lowest BCUT2D eigenvalue weighted by atomic mass is 10.1. The molecule has 0 aliphatic carbocycles. The molecule has 0 unspecified atom stereocenters. The Labute approximate surface area is 161 Å². The molecule has 1 fully saturated rings. The van der Waals surface area contributed by atoms with Crippen LogP contribution in [-0.2, 0) is 10.0 Å². The molecule has 0 aromatic heterocycles. The zero-order valence-electron chi connectivity index (χ0n) is 16.3. The average Bonchev–Trinajstić information content (AvgIpc) is 2.64. The molecule has 0 bridgehead atoms. The zero-order chi connectivity index (χ0) is 19.6. The molecule has 3 rings (SSSR count). The molecule has 1 saturated heterocycles. The molecule has 1 heterocycles. The number of aryl methyl sites for hydroxylation is 2. The quantitative estimate of drug-likeness (QED) is 0.852. The summed E-state index contributed by atoms with van der Waals surface area (Å²) in [5.74, 6) is 0.347.